The molecule has 0 bridgehead atoms. The van der Waals surface area contributed by atoms with Gasteiger partial charge < -0.3 is 11.1 Å². The van der Waals surface area contributed by atoms with Crippen LogP contribution in [0.2, 0.25) is 0 Å². The first-order chi connectivity index (χ1) is 10.8. The van der Waals surface area contributed by atoms with E-state index in [4.69, 9.17) is 10.7 Å². The summed E-state index contributed by atoms with van der Waals surface area (Å²) in [4.78, 5) is 7.49. The molecule has 0 aromatic carbocycles. The van der Waals surface area contributed by atoms with Crippen LogP contribution in [-0.2, 0) is 0 Å². The molecule has 0 aromatic heterocycles. The molecule has 4 nitrogen and oxygen atoms in total. The highest BCUT2D eigenvalue weighted by Gasteiger charge is 2.38. The summed E-state index contributed by atoms with van der Waals surface area (Å²) in [6, 6.07) is 0. The number of rotatable bonds is 5. The maximum absolute atomic E-state index is 6.12. The molecule has 1 heterocycles. The van der Waals surface area contributed by atoms with Crippen molar-refractivity contribution in [1.82, 2.24) is 10.2 Å². The predicted octanol–water partition coefficient (Wildman–Crippen LogP) is 2.44. The Kier molecular flexibility index (Phi) is 5.91. The third-order valence-corrected chi connectivity index (χ3v) is 6.75. The quantitative estimate of drug-likeness (QED) is 0.602. The average molecular weight is 325 g/mol. The molecule has 126 valence electrons. The van der Waals surface area contributed by atoms with Crippen molar-refractivity contribution >= 4 is 17.7 Å². The molecule has 3 rings (SSSR count). The van der Waals surface area contributed by atoms with Gasteiger partial charge >= 0.3 is 0 Å². The number of aliphatic imine (C=N–C) groups is 1. The summed E-state index contributed by atoms with van der Waals surface area (Å²) in [6.07, 6.45) is 10.8. The molecule has 2 saturated carbocycles. The Morgan fingerprint density at radius 1 is 1.14 bits per heavy atom. The number of nitrogens with one attached hydrogen (secondary N) is 1. The summed E-state index contributed by atoms with van der Waals surface area (Å²) in [5, 5.41) is 3.35. The van der Waals surface area contributed by atoms with E-state index in [9.17, 15) is 0 Å². The Labute approximate surface area is 139 Å². The van der Waals surface area contributed by atoms with Gasteiger partial charge in [0.15, 0.2) is 5.96 Å². The van der Waals surface area contributed by atoms with Gasteiger partial charge in [-0.3, -0.25) is 9.89 Å². The van der Waals surface area contributed by atoms with E-state index in [2.05, 4.69) is 22.0 Å². The summed E-state index contributed by atoms with van der Waals surface area (Å²) < 4.78 is 0. The van der Waals surface area contributed by atoms with Crippen LogP contribution in [0.15, 0.2) is 4.99 Å². The summed E-state index contributed by atoms with van der Waals surface area (Å²) in [6.45, 7) is 4.37. The lowest BCUT2D eigenvalue weighted by atomic mass is 9.80. The Bertz CT molecular complexity index is 369. The van der Waals surface area contributed by atoms with E-state index in [1.807, 2.05) is 0 Å². The second kappa shape index (κ2) is 7.91. The normalized spacial score (nSPS) is 27.4. The average Bonchev–Trinajstić information content (AvgIpc) is 2.53. The molecule has 0 spiro atoms. The molecule has 22 heavy (non-hydrogen) atoms. The van der Waals surface area contributed by atoms with Crippen LogP contribution in [0, 0.1) is 5.92 Å². The summed E-state index contributed by atoms with van der Waals surface area (Å²) in [5.41, 5.74) is 6.42. The highest BCUT2D eigenvalue weighted by atomic mass is 32.2. The Balaban J connectivity index is 1.56. The molecule has 1 aliphatic heterocycles. The van der Waals surface area contributed by atoms with Crippen LogP contribution in [0.3, 0.4) is 0 Å². The minimum atomic E-state index is 0.294. The van der Waals surface area contributed by atoms with Crippen LogP contribution >= 0.6 is 11.8 Å². The zero-order valence-electron chi connectivity index (χ0n) is 13.9. The lowest BCUT2D eigenvalue weighted by Crippen LogP contribution is -2.55. The lowest BCUT2D eigenvalue weighted by molar-refractivity contribution is 0.0672. The van der Waals surface area contributed by atoms with E-state index in [0.717, 1.165) is 19.0 Å². The number of nitrogens with two attached hydrogens (primary N) is 1. The Morgan fingerprint density at radius 2 is 1.86 bits per heavy atom. The van der Waals surface area contributed by atoms with Crippen molar-refractivity contribution in [3.63, 3.8) is 0 Å². The van der Waals surface area contributed by atoms with Crippen LogP contribution in [0.1, 0.15) is 51.4 Å². The Morgan fingerprint density at radius 3 is 2.50 bits per heavy atom. The third kappa shape index (κ3) is 4.10. The summed E-state index contributed by atoms with van der Waals surface area (Å²) >= 11 is 2.09. The lowest BCUT2D eigenvalue weighted by Gasteiger charge is -2.47. The fourth-order valence-electron chi connectivity index (χ4n) is 4.06. The van der Waals surface area contributed by atoms with Gasteiger partial charge in [-0.15, -0.1) is 0 Å². The van der Waals surface area contributed by atoms with Gasteiger partial charge in [0.2, 0.25) is 0 Å². The molecule has 0 amide bonds. The number of hydrogen-bond acceptors (Lipinski definition) is 3. The molecule has 0 unspecified atom stereocenters. The zero-order chi connectivity index (χ0) is 15.3. The van der Waals surface area contributed by atoms with Gasteiger partial charge in [-0.25, -0.2) is 0 Å². The highest BCUT2D eigenvalue weighted by molar-refractivity contribution is 7.99. The van der Waals surface area contributed by atoms with Crippen LogP contribution < -0.4 is 11.1 Å². The van der Waals surface area contributed by atoms with Crippen molar-refractivity contribution in [2.24, 2.45) is 16.6 Å². The van der Waals surface area contributed by atoms with Crippen molar-refractivity contribution in [2.45, 2.75) is 56.9 Å². The third-order valence-electron chi connectivity index (χ3n) is 5.81. The van der Waals surface area contributed by atoms with E-state index < -0.39 is 0 Å². The molecular weight excluding hydrogens is 292 g/mol. The number of thioether (sulfide) groups is 1. The molecule has 0 aromatic rings. The van der Waals surface area contributed by atoms with Crippen LogP contribution in [0.4, 0.5) is 0 Å². The highest BCUT2D eigenvalue weighted by Crippen LogP contribution is 2.35. The Hall–Kier alpha value is -0.420. The van der Waals surface area contributed by atoms with Gasteiger partial charge in [0.25, 0.3) is 0 Å². The first-order valence-electron chi connectivity index (χ1n) is 9.15. The molecule has 3 fully saturated rings. The first-order valence-corrected chi connectivity index (χ1v) is 10.3. The van der Waals surface area contributed by atoms with Crippen molar-refractivity contribution in [2.75, 3.05) is 37.7 Å². The van der Waals surface area contributed by atoms with Gasteiger partial charge in [0.05, 0.1) is 6.54 Å². The van der Waals surface area contributed by atoms with Gasteiger partial charge in [-0.1, -0.05) is 25.7 Å². The van der Waals surface area contributed by atoms with Crippen LogP contribution in [0.5, 0.6) is 0 Å². The molecule has 5 heteroatoms. The smallest absolute Gasteiger partial charge is 0.188 e. The molecule has 1 saturated heterocycles. The van der Waals surface area contributed by atoms with Gasteiger partial charge in [0.1, 0.15) is 0 Å². The number of nitrogens with zero attached hydrogens (tertiary/aromatic N) is 2. The predicted molar refractivity (Wildman–Crippen MR) is 96.5 cm³/mol. The van der Waals surface area contributed by atoms with Crippen molar-refractivity contribution in [3.8, 4) is 0 Å². The fraction of sp³-hybridized carbons (Fsp3) is 0.941. The van der Waals surface area contributed by atoms with Crippen molar-refractivity contribution < 1.29 is 0 Å². The topological polar surface area (TPSA) is 53.6 Å². The molecule has 3 N–H and O–H groups in total. The maximum atomic E-state index is 6.12. The van der Waals surface area contributed by atoms with E-state index in [1.165, 1.54) is 76.0 Å². The van der Waals surface area contributed by atoms with Gasteiger partial charge in [-0.05, 0) is 31.6 Å². The monoisotopic (exact) mass is 324 g/mol. The van der Waals surface area contributed by atoms with E-state index in [0.29, 0.717) is 11.5 Å². The van der Waals surface area contributed by atoms with E-state index >= 15 is 0 Å². The minimum Gasteiger partial charge on any atom is -0.370 e. The summed E-state index contributed by atoms with van der Waals surface area (Å²) in [7, 11) is 0. The second-order valence-corrected chi connectivity index (χ2v) is 8.49. The molecule has 0 atom stereocenters. The molecular formula is C17H32N4S. The van der Waals surface area contributed by atoms with Gasteiger partial charge in [-0.2, -0.15) is 11.8 Å². The van der Waals surface area contributed by atoms with E-state index in [-0.39, 0.29) is 0 Å². The molecule has 2 aliphatic carbocycles. The van der Waals surface area contributed by atoms with Gasteiger partial charge in [0, 0.05) is 36.7 Å². The molecule has 0 radical (unpaired) electrons. The van der Waals surface area contributed by atoms with Crippen LogP contribution in [0.25, 0.3) is 0 Å². The summed E-state index contributed by atoms with van der Waals surface area (Å²) in [5.74, 6) is 4.06. The molecule has 3 aliphatic rings. The maximum Gasteiger partial charge on any atom is 0.188 e. The van der Waals surface area contributed by atoms with E-state index in [1.54, 1.807) is 0 Å². The first kappa shape index (κ1) is 16.4. The number of hydrogen-bond donors (Lipinski definition) is 2. The number of guanidine groups is 1. The SMILES string of the molecule is NC(=NCC1(N2CCSCC2)CCCCC1)NCC1CCC1. The zero-order valence-corrected chi connectivity index (χ0v) is 14.7. The minimum absolute atomic E-state index is 0.294. The van der Waals surface area contributed by atoms with Crippen LogP contribution in [-0.4, -0.2) is 54.1 Å². The van der Waals surface area contributed by atoms with Crippen molar-refractivity contribution in [3.05, 3.63) is 0 Å². The standard InChI is InChI=1S/C17H32N4S/c18-16(19-13-15-5-4-6-15)20-14-17(7-2-1-3-8-17)21-9-11-22-12-10-21/h15H,1-14H2,(H3,18,19,20). The van der Waals surface area contributed by atoms with Crippen molar-refractivity contribution in [1.29, 1.82) is 0 Å². The largest absolute Gasteiger partial charge is 0.370 e. The second-order valence-electron chi connectivity index (χ2n) is 7.26. The fourth-order valence-corrected chi connectivity index (χ4v) is 4.96.